The van der Waals surface area contributed by atoms with Crippen molar-refractivity contribution in [3.63, 3.8) is 0 Å². The van der Waals surface area contributed by atoms with Crippen LogP contribution in [0.3, 0.4) is 0 Å². The molecule has 2 atom stereocenters. The second kappa shape index (κ2) is 14.8. The average molecular weight is 663 g/mol. The first kappa shape index (κ1) is 33.5. The Morgan fingerprint density at radius 3 is 2.45 bits per heavy atom. The molecule has 6 rings (SSSR count). The predicted molar refractivity (Wildman–Crippen MR) is 186 cm³/mol. The van der Waals surface area contributed by atoms with Gasteiger partial charge in [0.2, 0.25) is 11.8 Å². The normalized spacial score (nSPS) is 17.7. The van der Waals surface area contributed by atoms with E-state index in [1.165, 1.54) is 0 Å². The first-order valence-electron chi connectivity index (χ1n) is 16.8. The minimum atomic E-state index is -0.752. The van der Waals surface area contributed by atoms with Crippen molar-refractivity contribution in [2.45, 2.75) is 65.8 Å². The molecule has 0 radical (unpaired) electrons. The van der Waals surface area contributed by atoms with Crippen LogP contribution in [0, 0.1) is 12.8 Å². The Hall–Kier alpha value is -5.45. The molecule has 0 aliphatic carbocycles. The molecule has 0 fully saturated rings. The summed E-state index contributed by atoms with van der Waals surface area (Å²) in [7, 11) is 0. The van der Waals surface area contributed by atoms with Crippen molar-refractivity contribution in [2.75, 3.05) is 13.1 Å². The van der Waals surface area contributed by atoms with Crippen molar-refractivity contribution in [3.05, 3.63) is 102 Å². The Balaban J connectivity index is 1.34. The Morgan fingerprint density at radius 1 is 0.980 bits per heavy atom. The minimum Gasteiger partial charge on any atom is -0.489 e. The van der Waals surface area contributed by atoms with E-state index in [1.807, 2.05) is 92.7 Å². The Kier molecular flexibility index (Phi) is 10.1. The molecule has 0 spiro atoms. The Bertz CT molecular complexity index is 1930. The van der Waals surface area contributed by atoms with Gasteiger partial charge in [-0.15, -0.1) is 0 Å². The average Bonchev–Trinajstić information content (AvgIpc) is 3.67. The van der Waals surface area contributed by atoms with Crippen molar-refractivity contribution in [3.8, 4) is 17.1 Å². The number of rotatable bonds is 6. The Morgan fingerprint density at radius 2 is 1.71 bits per heavy atom. The van der Waals surface area contributed by atoms with Crippen LogP contribution in [0.1, 0.15) is 67.2 Å². The molecule has 1 aliphatic rings. The van der Waals surface area contributed by atoms with E-state index < -0.39 is 12.1 Å². The molecule has 2 N–H and O–H groups in total. The first-order valence-corrected chi connectivity index (χ1v) is 16.8. The van der Waals surface area contributed by atoms with Gasteiger partial charge in [-0.05, 0) is 49.9 Å². The van der Waals surface area contributed by atoms with Crippen LogP contribution < -0.4 is 15.4 Å². The number of aryl methyl sites for hydroxylation is 1. The molecule has 2 aromatic heterocycles. The van der Waals surface area contributed by atoms with Crippen LogP contribution in [0.15, 0.2) is 83.3 Å². The summed E-state index contributed by atoms with van der Waals surface area (Å²) in [6.07, 6.45) is 0.560. The number of aromatic nitrogens is 3. The lowest BCUT2D eigenvalue weighted by Crippen LogP contribution is -2.47. The second-order valence-electron chi connectivity index (χ2n) is 12.8. The lowest BCUT2D eigenvalue weighted by atomic mass is 10.0. The van der Waals surface area contributed by atoms with E-state index in [1.54, 1.807) is 23.4 Å². The zero-order valence-electron chi connectivity index (χ0n) is 28.3. The topological polar surface area (TPSA) is 132 Å². The molecule has 11 nitrogen and oxygen atoms in total. The molecular formula is C38H42N6O5. The van der Waals surface area contributed by atoms with Gasteiger partial charge < -0.3 is 24.7 Å². The summed E-state index contributed by atoms with van der Waals surface area (Å²) in [6.45, 7) is 8.76. The van der Waals surface area contributed by atoms with Gasteiger partial charge in [-0.1, -0.05) is 74.5 Å². The van der Waals surface area contributed by atoms with Crippen molar-refractivity contribution in [2.24, 2.45) is 5.92 Å². The van der Waals surface area contributed by atoms with Gasteiger partial charge in [-0.2, -0.15) is 5.10 Å². The molecule has 0 bridgehead atoms. The summed E-state index contributed by atoms with van der Waals surface area (Å²) in [5, 5.41) is 11.4. The number of nitrogens with one attached hydrogen (secondary N) is 2. The van der Waals surface area contributed by atoms with Gasteiger partial charge in [-0.3, -0.25) is 14.4 Å². The zero-order valence-corrected chi connectivity index (χ0v) is 28.3. The number of carbonyl (C=O) groups excluding carboxylic acids is 3. The largest absolute Gasteiger partial charge is 0.489 e. The quantitative estimate of drug-likeness (QED) is 0.234. The van der Waals surface area contributed by atoms with Gasteiger partial charge in [0, 0.05) is 30.5 Å². The van der Waals surface area contributed by atoms with Crippen molar-refractivity contribution in [1.82, 2.24) is 30.3 Å². The van der Waals surface area contributed by atoms with Crippen LogP contribution in [0.5, 0.6) is 5.75 Å². The molecule has 3 heterocycles. The number of furan rings is 1. The highest BCUT2D eigenvalue weighted by molar-refractivity contribution is 6.07. The second-order valence-corrected chi connectivity index (χ2v) is 12.8. The van der Waals surface area contributed by atoms with Crippen LogP contribution in [0.2, 0.25) is 0 Å². The molecule has 0 saturated heterocycles. The molecule has 254 valence electrons. The van der Waals surface area contributed by atoms with Gasteiger partial charge in [0.1, 0.15) is 29.7 Å². The summed E-state index contributed by atoms with van der Waals surface area (Å²) in [5.74, 6) is 1.42. The van der Waals surface area contributed by atoms with Crippen LogP contribution in [-0.4, -0.2) is 56.5 Å². The van der Waals surface area contributed by atoms with Crippen LogP contribution in [0.25, 0.3) is 22.4 Å². The fourth-order valence-electron chi connectivity index (χ4n) is 6.06. The van der Waals surface area contributed by atoms with Gasteiger partial charge >= 0.3 is 0 Å². The van der Waals surface area contributed by atoms with E-state index in [9.17, 15) is 14.4 Å². The van der Waals surface area contributed by atoms with Gasteiger partial charge in [-0.25, -0.2) is 9.67 Å². The number of amides is 3. The summed E-state index contributed by atoms with van der Waals surface area (Å²) in [4.78, 5) is 47.2. The highest BCUT2D eigenvalue weighted by Gasteiger charge is 2.30. The molecule has 3 amide bonds. The molecule has 49 heavy (non-hydrogen) atoms. The number of carbonyl (C=O) groups is 3. The SMILES string of the molecule is Cc1oc2ccc(OCc3ccccc3)cc2c1C(=O)N1CCCC(=O)N[C@H](C)C(=O)N[C@@H](C(C)C)c2nc(-c3ccccc3)nn2CC1. The third-order valence-corrected chi connectivity index (χ3v) is 8.74. The van der Waals surface area contributed by atoms with Gasteiger partial charge in [0.05, 0.1) is 18.2 Å². The molecule has 5 aromatic rings. The minimum absolute atomic E-state index is 0.0395. The van der Waals surface area contributed by atoms with E-state index in [0.29, 0.717) is 65.8 Å². The highest BCUT2D eigenvalue weighted by atomic mass is 16.5. The van der Waals surface area contributed by atoms with Crippen molar-refractivity contribution >= 4 is 28.7 Å². The van der Waals surface area contributed by atoms with Crippen LogP contribution >= 0.6 is 0 Å². The molecule has 11 heteroatoms. The van der Waals surface area contributed by atoms with E-state index in [0.717, 1.165) is 11.1 Å². The maximum absolute atomic E-state index is 14.4. The summed E-state index contributed by atoms with van der Waals surface area (Å²) >= 11 is 0. The number of benzene rings is 3. The smallest absolute Gasteiger partial charge is 0.258 e. The van der Waals surface area contributed by atoms with Gasteiger partial charge in [0.25, 0.3) is 5.91 Å². The molecule has 1 aliphatic heterocycles. The molecule has 0 unspecified atom stereocenters. The van der Waals surface area contributed by atoms with Gasteiger partial charge in [0.15, 0.2) is 11.6 Å². The number of hydrogen-bond acceptors (Lipinski definition) is 7. The van der Waals surface area contributed by atoms with E-state index in [2.05, 4.69) is 10.6 Å². The van der Waals surface area contributed by atoms with Crippen molar-refractivity contribution < 1.29 is 23.5 Å². The fraction of sp³-hybridized carbons (Fsp3) is 0.342. The fourth-order valence-corrected chi connectivity index (χ4v) is 6.06. The standard InChI is InChI=1S/C38H42N6O5/c1-24(2)34-36-41-35(28-14-9-6-10-15-28)42-44(36)21-20-43(19-11-16-32(45)39-25(3)37(46)40-34)38(47)33-26(4)49-31-18-17-29(22-30(31)33)48-23-27-12-7-5-8-13-27/h5-10,12-15,17-18,22,24-25,34H,11,16,19-21,23H2,1-4H3,(H,39,45)(H,40,46)/t25-,34+/m1/s1. The third kappa shape index (κ3) is 7.66. The van der Waals surface area contributed by atoms with Crippen LogP contribution in [0.4, 0.5) is 0 Å². The summed E-state index contributed by atoms with van der Waals surface area (Å²) < 4.78 is 13.9. The number of hydrogen-bond donors (Lipinski definition) is 2. The maximum Gasteiger partial charge on any atom is 0.258 e. The van der Waals surface area contributed by atoms with Crippen molar-refractivity contribution in [1.29, 1.82) is 0 Å². The van der Waals surface area contributed by atoms with E-state index >= 15 is 0 Å². The Labute approximate surface area is 285 Å². The summed E-state index contributed by atoms with van der Waals surface area (Å²) in [6, 6.07) is 23.8. The zero-order chi connectivity index (χ0) is 34.5. The molecule has 3 aromatic carbocycles. The molecule has 0 saturated carbocycles. The third-order valence-electron chi connectivity index (χ3n) is 8.74. The summed E-state index contributed by atoms with van der Waals surface area (Å²) in [5.41, 5.74) is 2.92. The lowest BCUT2D eigenvalue weighted by Gasteiger charge is -2.27. The highest BCUT2D eigenvalue weighted by Crippen LogP contribution is 2.31. The first-order chi connectivity index (χ1) is 23.7. The number of nitrogens with zero attached hydrogens (tertiary/aromatic N) is 4. The lowest BCUT2D eigenvalue weighted by molar-refractivity contribution is -0.129. The molecular weight excluding hydrogens is 620 g/mol. The maximum atomic E-state index is 14.4. The number of ether oxygens (including phenoxy) is 1. The van der Waals surface area contributed by atoms with E-state index in [-0.39, 0.29) is 36.6 Å². The van der Waals surface area contributed by atoms with Crippen LogP contribution in [-0.2, 0) is 22.7 Å². The number of fused-ring (bicyclic) bond motifs is 2. The monoisotopic (exact) mass is 662 g/mol. The predicted octanol–water partition coefficient (Wildman–Crippen LogP) is 5.83. The van der Waals surface area contributed by atoms with E-state index in [4.69, 9.17) is 19.2 Å².